The maximum Gasteiger partial charge on any atom is 0.152 e. The highest BCUT2D eigenvalue weighted by Crippen LogP contribution is 2.31. The van der Waals surface area contributed by atoms with Gasteiger partial charge >= 0.3 is 0 Å². The van der Waals surface area contributed by atoms with Crippen LogP contribution in [0.25, 0.3) is 5.57 Å². The Morgan fingerprint density at radius 1 is 1.29 bits per heavy atom. The molecule has 0 unspecified atom stereocenters. The van der Waals surface area contributed by atoms with Crippen LogP contribution >= 0.6 is 15.9 Å². The van der Waals surface area contributed by atoms with E-state index in [2.05, 4.69) is 60.5 Å². The first-order valence-electron chi connectivity index (χ1n) is 7.35. The standard InChI is InChI=1S/C13H17BrN2O.C4H10/c1-8(13(3,4)5)10(7-17)12-9(2)16-11(14)6-15-12;1-3-4-2/h6-7H,1-5H3;3-4H2,1-2H3/b10-8+;. The second-order valence-corrected chi connectivity index (χ2v) is 6.85. The number of carbonyl (C=O) groups excluding carboxylic acids is 1. The maximum absolute atomic E-state index is 11.3. The number of rotatable bonds is 3. The second kappa shape index (κ2) is 9.08. The fourth-order valence-corrected chi connectivity index (χ4v) is 1.81. The van der Waals surface area contributed by atoms with Crippen molar-refractivity contribution in [3.8, 4) is 0 Å². The Bertz CT molecular complexity index is 500. The number of halogens is 1. The number of unbranched alkanes of at least 4 members (excludes halogenated alkanes) is 1. The van der Waals surface area contributed by atoms with E-state index in [4.69, 9.17) is 0 Å². The van der Waals surface area contributed by atoms with Gasteiger partial charge in [0.25, 0.3) is 0 Å². The Labute approximate surface area is 137 Å². The Balaban J connectivity index is 0.000000885. The molecule has 0 amide bonds. The van der Waals surface area contributed by atoms with Gasteiger partial charge in [0.05, 0.1) is 17.6 Å². The summed E-state index contributed by atoms with van der Waals surface area (Å²) in [5, 5.41) is 0. The van der Waals surface area contributed by atoms with Crippen LogP contribution in [0.2, 0.25) is 0 Å². The number of hydrogen-bond acceptors (Lipinski definition) is 3. The van der Waals surface area contributed by atoms with E-state index in [9.17, 15) is 4.79 Å². The molecule has 0 spiro atoms. The van der Waals surface area contributed by atoms with Crippen molar-refractivity contribution in [2.75, 3.05) is 0 Å². The van der Waals surface area contributed by atoms with Crippen LogP contribution in [0.1, 0.15) is 65.8 Å². The van der Waals surface area contributed by atoms with E-state index in [1.54, 1.807) is 6.20 Å². The van der Waals surface area contributed by atoms with Crippen LogP contribution in [-0.4, -0.2) is 16.3 Å². The maximum atomic E-state index is 11.3. The molecule has 0 bridgehead atoms. The van der Waals surface area contributed by atoms with E-state index in [1.807, 2.05) is 13.8 Å². The average molecular weight is 355 g/mol. The largest absolute Gasteiger partial charge is 0.298 e. The molecular weight excluding hydrogens is 328 g/mol. The van der Waals surface area contributed by atoms with Crippen LogP contribution in [-0.2, 0) is 4.79 Å². The van der Waals surface area contributed by atoms with Gasteiger partial charge in [0.2, 0.25) is 0 Å². The third kappa shape index (κ3) is 6.51. The molecule has 0 aliphatic carbocycles. The lowest BCUT2D eigenvalue weighted by Crippen LogP contribution is -2.11. The van der Waals surface area contributed by atoms with Crippen molar-refractivity contribution in [2.45, 2.75) is 61.3 Å². The number of nitrogens with zero attached hydrogens (tertiary/aromatic N) is 2. The molecule has 0 saturated heterocycles. The van der Waals surface area contributed by atoms with Crippen LogP contribution in [0, 0.1) is 12.3 Å². The van der Waals surface area contributed by atoms with Gasteiger partial charge in [-0.15, -0.1) is 0 Å². The molecule has 0 fully saturated rings. The number of aromatic nitrogens is 2. The highest BCUT2D eigenvalue weighted by atomic mass is 79.9. The molecular formula is C17H27BrN2O. The van der Waals surface area contributed by atoms with Crippen molar-refractivity contribution in [3.63, 3.8) is 0 Å². The molecule has 0 aromatic carbocycles. The molecule has 0 aliphatic rings. The predicted octanol–water partition coefficient (Wildman–Crippen LogP) is 5.37. The van der Waals surface area contributed by atoms with Gasteiger partial charge in [0.15, 0.2) is 6.29 Å². The normalized spacial score (nSPS) is 12.2. The zero-order valence-electron chi connectivity index (χ0n) is 14.2. The van der Waals surface area contributed by atoms with Crippen LogP contribution in [0.15, 0.2) is 16.4 Å². The highest BCUT2D eigenvalue weighted by molar-refractivity contribution is 9.10. The Morgan fingerprint density at radius 3 is 2.14 bits per heavy atom. The van der Waals surface area contributed by atoms with E-state index in [0.717, 1.165) is 17.6 Å². The van der Waals surface area contributed by atoms with Crippen LogP contribution in [0.5, 0.6) is 0 Å². The molecule has 1 rings (SSSR count). The number of allylic oxidation sites excluding steroid dienone is 2. The number of aldehydes is 1. The lowest BCUT2D eigenvalue weighted by atomic mass is 9.83. The molecule has 0 atom stereocenters. The van der Waals surface area contributed by atoms with Crippen LogP contribution in [0.3, 0.4) is 0 Å². The summed E-state index contributed by atoms with van der Waals surface area (Å²) < 4.78 is 0.678. The summed E-state index contributed by atoms with van der Waals surface area (Å²) >= 11 is 3.27. The SMILES string of the molecule is C/C(=C(/C=O)c1ncc(Br)nc1C)C(C)(C)C.CCCC. The molecule has 0 radical (unpaired) electrons. The summed E-state index contributed by atoms with van der Waals surface area (Å²) in [4.78, 5) is 19.8. The van der Waals surface area contributed by atoms with E-state index in [0.29, 0.717) is 15.9 Å². The Morgan fingerprint density at radius 2 is 1.81 bits per heavy atom. The minimum atomic E-state index is -0.0581. The fraction of sp³-hybridized carbons (Fsp3) is 0.588. The molecule has 1 heterocycles. The van der Waals surface area contributed by atoms with Gasteiger partial charge in [-0.2, -0.15) is 0 Å². The van der Waals surface area contributed by atoms with Gasteiger partial charge in [0.1, 0.15) is 4.60 Å². The molecule has 4 heteroatoms. The highest BCUT2D eigenvalue weighted by Gasteiger charge is 2.20. The molecule has 3 nitrogen and oxygen atoms in total. The van der Waals surface area contributed by atoms with E-state index in [-0.39, 0.29) is 5.41 Å². The molecule has 118 valence electrons. The average Bonchev–Trinajstić information content (AvgIpc) is 2.41. The molecule has 1 aromatic heterocycles. The Hall–Kier alpha value is -1.03. The quantitative estimate of drug-likeness (QED) is 0.541. The lowest BCUT2D eigenvalue weighted by molar-refractivity contribution is -0.103. The molecule has 1 aromatic rings. The summed E-state index contributed by atoms with van der Waals surface area (Å²) in [5.41, 5.74) is 3.01. The van der Waals surface area contributed by atoms with Gasteiger partial charge in [0, 0.05) is 5.57 Å². The number of carbonyl (C=O) groups is 1. The third-order valence-electron chi connectivity index (χ3n) is 3.32. The zero-order valence-corrected chi connectivity index (χ0v) is 15.8. The zero-order chi connectivity index (χ0) is 16.6. The minimum Gasteiger partial charge on any atom is -0.298 e. The summed E-state index contributed by atoms with van der Waals surface area (Å²) in [7, 11) is 0. The smallest absolute Gasteiger partial charge is 0.152 e. The molecule has 0 aliphatic heterocycles. The minimum absolute atomic E-state index is 0.0581. The predicted molar refractivity (Wildman–Crippen MR) is 93.2 cm³/mol. The van der Waals surface area contributed by atoms with Crippen LogP contribution in [0.4, 0.5) is 0 Å². The lowest BCUT2D eigenvalue weighted by Gasteiger charge is -2.22. The van der Waals surface area contributed by atoms with Crippen molar-refractivity contribution in [2.24, 2.45) is 5.41 Å². The first-order chi connectivity index (χ1) is 9.68. The third-order valence-corrected chi connectivity index (χ3v) is 3.70. The van der Waals surface area contributed by atoms with E-state index < -0.39 is 0 Å². The van der Waals surface area contributed by atoms with Crippen molar-refractivity contribution >= 4 is 27.8 Å². The number of aryl methyl sites for hydroxylation is 1. The van der Waals surface area contributed by atoms with Crippen LogP contribution < -0.4 is 0 Å². The molecule has 0 N–H and O–H groups in total. The summed E-state index contributed by atoms with van der Waals surface area (Å²) in [6, 6.07) is 0. The monoisotopic (exact) mass is 354 g/mol. The summed E-state index contributed by atoms with van der Waals surface area (Å²) in [6.07, 6.45) is 5.12. The van der Waals surface area contributed by atoms with E-state index in [1.165, 1.54) is 12.8 Å². The molecule has 0 saturated carbocycles. The fourth-order valence-electron chi connectivity index (χ4n) is 1.44. The van der Waals surface area contributed by atoms with Gasteiger partial charge in [-0.1, -0.05) is 53.0 Å². The van der Waals surface area contributed by atoms with Crippen molar-refractivity contribution in [3.05, 3.63) is 27.8 Å². The topological polar surface area (TPSA) is 42.9 Å². The van der Waals surface area contributed by atoms with Crippen molar-refractivity contribution < 1.29 is 4.79 Å². The number of hydrogen-bond donors (Lipinski definition) is 0. The van der Waals surface area contributed by atoms with Gasteiger partial charge in [-0.05, 0) is 35.2 Å². The summed E-state index contributed by atoms with van der Waals surface area (Å²) in [5.74, 6) is 0. The Kier molecular flexibility index (Phi) is 8.64. The van der Waals surface area contributed by atoms with Gasteiger partial charge in [-0.3, -0.25) is 9.78 Å². The van der Waals surface area contributed by atoms with E-state index >= 15 is 0 Å². The van der Waals surface area contributed by atoms with Crippen molar-refractivity contribution in [1.29, 1.82) is 0 Å². The molecule has 21 heavy (non-hydrogen) atoms. The summed E-state index contributed by atoms with van der Waals surface area (Å²) in [6.45, 7) is 14.4. The first kappa shape index (κ1) is 20.0. The van der Waals surface area contributed by atoms with Gasteiger partial charge in [-0.25, -0.2) is 4.98 Å². The first-order valence-corrected chi connectivity index (χ1v) is 8.14. The van der Waals surface area contributed by atoms with Gasteiger partial charge < -0.3 is 0 Å². The van der Waals surface area contributed by atoms with Crippen molar-refractivity contribution in [1.82, 2.24) is 9.97 Å². The second-order valence-electron chi connectivity index (χ2n) is 6.03.